The van der Waals surface area contributed by atoms with Gasteiger partial charge in [-0.25, -0.2) is 4.98 Å². The number of nitrogens with zero attached hydrogens (tertiary/aromatic N) is 2. The summed E-state index contributed by atoms with van der Waals surface area (Å²) in [7, 11) is 0. The topological polar surface area (TPSA) is 59.2 Å². The van der Waals surface area contributed by atoms with Crippen molar-refractivity contribution in [3.63, 3.8) is 0 Å². The molecule has 2 heterocycles. The lowest BCUT2D eigenvalue weighted by Gasteiger charge is -2.19. The number of hydrogen-bond donors (Lipinski definition) is 1. The Morgan fingerprint density at radius 2 is 2.29 bits per heavy atom. The lowest BCUT2D eigenvalue weighted by Crippen LogP contribution is -2.26. The van der Waals surface area contributed by atoms with Gasteiger partial charge in [-0.05, 0) is 5.92 Å². The lowest BCUT2D eigenvalue weighted by molar-refractivity contribution is -0.117. The zero-order chi connectivity index (χ0) is 12.6. The van der Waals surface area contributed by atoms with Gasteiger partial charge < -0.3 is 10.6 Å². The molecule has 17 heavy (non-hydrogen) atoms. The van der Waals surface area contributed by atoms with Gasteiger partial charge in [0.1, 0.15) is 10.8 Å². The molecule has 0 saturated carbocycles. The van der Waals surface area contributed by atoms with Crippen LogP contribution in [0.3, 0.4) is 0 Å². The average molecular weight is 339 g/mol. The summed E-state index contributed by atoms with van der Waals surface area (Å²) in [5.74, 6) is 0.279. The van der Waals surface area contributed by atoms with Gasteiger partial charge in [0.25, 0.3) is 0 Å². The van der Waals surface area contributed by atoms with Crippen LogP contribution in [0.15, 0.2) is 6.07 Å². The maximum atomic E-state index is 11.9. The van der Waals surface area contributed by atoms with Crippen molar-refractivity contribution in [1.82, 2.24) is 4.98 Å². The fraction of sp³-hybridized carbons (Fsp3) is 0.400. The summed E-state index contributed by atoms with van der Waals surface area (Å²) in [6, 6.07) is 1.50. The van der Waals surface area contributed by atoms with E-state index in [2.05, 4.69) is 20.9 Å². The van der Waals surface area contributed by atoms with Crippen molar-refractivity contribution in [3.8, 4) is 0 Å². The summed E-state index contributed by atoms with van der Waals surface area (Å²) < 4.78 is 0. The molecule has 0 radical (unpaired) electrons. The van der Waals surface area contributed by atoms with Gasteiger partial charge in [-0.2, -0.15) is 0 Å². The van der Waals surface area contributed by atoms with Crippen LogP contribution in [0.5, 0.6) is 0 Å². The maximum Gasteiger partial charge on any atom is 0.227 e. The Kier molecular flexibility index (Phi) is 3.80. The molecule has 1 aliphatic rings. The van der Waals surface area contributed by atoms with Crippen LogP contribution in [0.25, 0.3) is 0 Å². The van der Waals surface area contributed by atoms with Gasteiger partial charge in [-0.15, -0.1) is 0 Å². The molecule has 0 aromatic carbocycles. The number of nitrogen functional groups attached to an aromatic ring is 1. The number of anilines is 2. The highest BCUT2D eigenvalue weighted by Crippen LogP contribution is 2.36. The molecule has 7 heteroatoms. The first-order valence-electron chi connectivity index (χ1n) is 5.00. The average Bonchev–Trinajstić information content (AvgIpc) is 2.59. The van der Waals surface area contributed by atoms with Crippen LogP contribution in [0.2, 0.25) is 10.3 Å². The highest BCUT2D eigenvalue weighted by atomic mass is 79.9. The highest BCUT2D eigenvalue weighted by molar-refractivity contribution is 9.09. The largest absolute Gasteiger partial charge is 0.397 e. The van der Waals surface area contributed by atoms with E-state index in [1.165, 1.54) is 6.07 Å². The Bertz CT molecular complexity index is 446. The summed E-state index contributed by atoms with van der Waals surface area (Å²) in [5, 5.41) is 1.16. The first-order chi connectivity index (χ1) is 8.02. The van der Waals surface area contributed by atoms with Crippen LogP contribution in [0.4, 0.5) is 11.4 Å². The van der Waals surface area contributed by atoms with Crippen molar-refractivity contribution < 1.29 is 4.79 Å². The molecule has 1 aromatic rings. The standard InChI is InChI=1S/C10H10BrCl2N3O/c11-3-5-1-8(17)16(4-5)9-6(14)2-7(12)15-10(9)13/h2,5H,1,3-4H2,(H2,14,15). The van der Waals surface area contributed by atoms with Crippen molar-refractivity contribution in [2.45, 2.75) is 6.42 Å². The molecule has 0 spiro atoms. The molecule has 1 aromatic heterocycles. The SMILES string of the molecule is Nc1cc(Cl)nc(Cl)c1N1CC(CBr)CC1=O. The Morgan fingerprint density at radius 3 is 2.82 bits per heavy atom. The second-order valence-electron chi connectivity index (χ2n) is 3.90. The third-order valence-corrected chi connectivity index (χ3v) is 4.01. The van der Waals surface area contributed by atoms with Crippen LogP contribution in [-0.4, -0.2) is 22.8 Å². The van der Waals surface area contributed by atoms with E-state index in [9.17, 15) is 4.79 Å². The number of carbonyl (C=O) groups is 1. The maximum absolute atomic E-state index is 11.9. The van der Waals surface area contributed by atoms with Gasteiger partial charge in [-0.1, -0.05) is 39.1 Å². The summed E-state index contributed by atoms with van der Waals surface area (Å²) in [5.41, 5.74) is 6.67. The van der Waals surface area contributed by atoms with Gasteiger partial charge in [0.15, 0.2) is 5.15 Å². The molecule has 92 valence electrons. The van der Waals surface area contributed by atoms with Crippen molar-refractivity contribution in [2.24, 2.45) is 5.92 Å². The number of halogens is 3. The molecule has 1 amide bonds. The van der Waals surface area contributed by atoms with Crippen molar-refractivity contribution >= 4 is 56.4 Å². The van der Waals surface area contributed by atoms with Gasteiger partial charge in [0, 0.05) is 24.4 Å². The fourth-order valence-electron chi connectivity index (χ4n) is 1.86. The van der Waals surface area contributed by atoms with Gasteiger partial charge in [0.05, 0.1) is 5.69 Å². The number of rotatable bonds is 2. The third-order valence-electron chi connectivity index (χ3n) is 2.64. The quantitative estimate of drug-likeness (QED) is 0.666. The molecule has 1 atom stereocenters. The van der Waals surface area contributed by atoms with Crippen LogP contribution >= 0.6 is 39.1 Å². The number of pyridine rings is 1. The minimum Gasteiger partial charge on any atom is -0.397 e. The summed E-state index contributed by atoms with van der Waals surface area (Å²) in [4.78, 5) is 17.3. The van der Waals surface area contributed by atoms with Crippen LogP contribution in [0, 0.1) is 5.92 Å². The fourth-order valence-corrected chi connectivity index (χ4v) is 2.84. The first kappa shape index (κ1) is 12.9. The van der Waals surface area contributed by atoms with Crippen molar-refractivity contribution in [3.05, 3.63) is 16.4 Å². The summed E-state index contributed by atoms with van der Waals surface area (Å²) >= 11 is 15.1. The zero-order valence-corrected chi connectivity index (χ0v) is 11.9. The number of nitrogens with two attached hydrogens (primary N) is 1. The molecule has 4 nitrogen and oxygen atoms in total. The number of alkyl halides is 1. The molecule has 0 bridgehead atoms. The van der Waals surface area contributed by atoms with Gasteiger partial charge >= 0.3 is 0 Å². The third kappa shape index (κ3) is 2.51. The second kappa shape index (κ2) is 5.00. The van der Waals surface area contributed by atoms with E-state index in [1.807, 2.05) is 0 Å². The Morgan fingerprint density at radius 1 is 1.59 bits per heavy atom. The van der Waals surface area contributed by atoms with Crippen molar-refractivity contribution in [2.75, 3.05) is 22.5 Å². The molecule has 1 aliphatic heterocycles. The van der Waals surface area contributed by atoms with E-state index < -0.39 is 0 Å². The normalized spacial score (nSPS) is 20.1. The predicted molar refractivity (Wildman–Crippen MR) is 72.9 cm³/mol. The van der Waals surface area contributed by atoms with Crippen LogP contribution < -0.4 is 10.6 Å². The number of aromatic nitrogens is 1. The zero-order valence-electron chi connectivity index (χ0n) is 8.79. The smallest absolute Gasteiger partial charge is 0.227 e. The monoisotopic (exact) mass is 337 g/mol. The first-order valence-corrected chi connectivity index (χ1v) is 6.88. The van der Waals surface area contributed by atoms with Gasteiger partial charge in [-0.3, -0.25) is 4.79 Å². The van der Waals surface area contributed by atoms with E-state index in [-0.39, 0.29) is 22.1 Å². The summed E-state index contributed by atoms with van der Waals surface area (Å²) in [6.45, 7) is 0.595. The predicted octanol–water partition coefficient (Wildman–Crippen LogP) is 2.72. The minimum absolute atomic E-state index is 0.00664. The second-order valence-corrected chi connectivity index (χ2v) is 5.30. The van der Waals surface area contributed by atoms with E-state index >= 15 is 0 Å². The number of amides is 1. The molecule has 0 aliphatic carbocycles. The van der Waals surface area contributed by atoms with E-state index in [0.717, 1.165) is 5.33 Å². The van der Waals surface area contributed by atoms with Crippen LogP contribution in [0.1, 0.15) is 6.42 Å². The van der Waals surface area contributed by atoms with E-state index in [0.29, 0.717) is 24.3 Å². The Labute approximate surface area is 117 Å². The molecule has 1 fully saturated rings. The lowest BCUT2D eigenvalue weighted by atomic mass is 10.2. The molecular formula is C10H10BrCl2N3O. The van der Waals surface area contributed by atoms with Crippen LogP contribution in [-0.2, 0) is 4.79 Å². The molecule has 1 saturated heterocycles. The molecule has 2 N–H and O–H groups in total. The Hall–Kier alpha value is -0.520. The Balaban J connectivity index is 2.38. The van der Waals surface area contributed by atoms with Crippen molar-refractivity contribution in [1.29, 1.82) is 0 Å². The number of carbonyl (C=O) groups excluding carboxylic acids is 1. The molecule has 2 rings (SSSR count). The summed E-state index contributed by atoms with van der Waals surface area (Å²) in [6.07, 6.45) is 0.490. The minimum atomic E-state index is 0.00664. The van der Waals surface area contributed by atoms with E-state index in [1.54, 1.807) is 4.90 Å². The number of hydrogen-bond acceptors (Lipinski definition) is 3. The molecular weight excluding hydrogens is 329 g/mol. The van der Waals surface area contributed by atoms with Gasteiger partial charge in [0.2, 0.25) is 5.91 Å². The van der Waals surface area contributed by atoms with E-state index in [4.69, 9.17) is 28.9 Å². The molecule has 1 unspecified atom stereocenters. The highest BCUT2D eigenvalue weighted by Gasteiger charge is 2.32.